The number of carboxylic acids is 1. The fourth-order valence-electron chi connectivity index (χ4n) is 3.02. The van der Waals surface area contributed by atoms with Crippen molar-refractivity contribution in [3.05, 3.63) is 29.8 Å². The highest BCUT2D eigenvalue weighted by Gasteiger charge is 2.26. The van der Waals surface area contributed by atoms with Crippen molar-refractivity contribution in [3.8, 4) is 0 Å². The molecule has 0 fully saturated rings. The van der Waals surface area contributed by atoms with Gasteiger partial charge < -0.3 is 15.7 Å². The van der Waals surface area contributed by atoms with Gasteiger partial charge in [-0.3, -0.25) is 14.4 Å². The summed E-state index contributed by atoms with van der Waals surface area (Å²) >= 11 is 0. The quantitative estimate of drug-likeness (QED) is 0.568. The van der Waals surface area contributed by atoms with Gasteiger partial charge in [0.2, 0.25) is 11.8 Å². The molecular weight excluding hydrogens is 320 g/mol. The second-order valence-electron chi connectivity index (χ2n) is 6.49. The topological polar surface area (TPSA) is 95.5 Å². The molecule has 1 aromatic rings. The van der Waals surface area contributed by atoms with Crippen molar-refractivity contribution in [3.63, 3.8) is 0 Å². The van der Waals surface area contributed by atoms with Crippen LogP contribution in [-0.2, 0) is 20.8 Å². The van der Waals surface area contributed by atoms with Gasteiger partial charge in [0.25, 0.3) is 0 Å². The third kappa shape index (κ3) is 6.57. The molecule has 6 heteroatoms. The molecule has 3 N–H and O–H groups in total. The monoisotopic (exact) mass is 346 g/mol. The second-order valence-corrected chi connectivity index (χ2v) is 6.49. The number of fused-ring (bicyclic) bond motifs is 1. The van der Waals surface area contributed by atoms with Gasteiger partial charge in [-0.15, -0.1) is 0 Å². The fourth-order valence-corrected chi connectivity index (χ4v) is 3.02. The normalized spacial score (nSPS) is 16.0. The summed E-state index contributed by atoms with van der Waals surface area (Å²) in [6, 6.07) is 7.75. The number of nitrogens with one attached hydrogen (secondary N) is 2. The highest BCUT2D eigenvalue weighted by Crippen LogP contribution is 2.27. The maximum absolute atomic E-state index is 12.1. The summed E-state index contributed by atoms with van der Waals surface area (Å²) in [6.07, 6.45) is 5.09. The lowest BCUT2D eigenvalue weighted by atomic mass is 9.89. The molecule has 6 nitrogen and oxygen atoms in total. The third-order valence-corrected chi connectivity index (χ3v) is 4.47. The Labute approximate surface area is 148 Å². The van der Waals surface area contributed by atoms with Crippen LogP contribution in [0.2, 0.25) is 0 Å². The van der Waals surface area contributed by atoms with E-state index in [1.165, 1.54) is 0 Å². The number of amides is 2. The predicted octanol–water partition coefficient (Wildman–Crippen LogP) is 2.73. The average Bonchev–Trinajstić information content (AvgIpc) is 2.58. The van der Waals surface area contributed by atoms with Crippen molar-refractivity contribution in [2.24, 2.45) is 5.92 Å². The fraction of sp³-hybridized carbons (Fsp3) is 0.526. The smallest absolute Gasteiger partial charge is 0.303 e. The molecule has 1 aliphatic heterocycles. The Balaban J connectivity index is 1.59. The molecule has 1 aromatic carbocycles. The Morgan fingerprint density at radius 3 is 2.68 bits per heavy atom. The number of carboxylic acid groups (broad SMARTS) is 1. The van der Waals surface area contributed by atoms with E-state index in [9.17, 15) is 14.4 Å². The van der Waals surface area contributed by atoms with Crippen LogP contribution in [0.5, 0.6) is 0 Å². The van der Waals surface area contributed by atoms with Crippen LogP contribution < -0.4 is 10.6 Å². The molecule has 0 aliphatic carbocycles. The van der Waals surface area contributed by atoms with Crippen LogP contribution in [0.3, 0.4) is 0 Å². The maximum atomic E-state index is 12.1. The summed E-state index contributed by atoms with van der Waals surface area (Å²) in [5.74, 6) is -0.957. The molecule has 1 aliphatic rings. The highest BCUT2D eigenvalue weighted by atomic mass is 16.4. The second kappa shape index (κ2) is 9.81. The predicted molar refractivity (Wildman–Crippen MR) is 95.2 cm³/mol. The Kier molecular flexibility index (Phi) is 7.44. The Morgan fingerprint density at radius 1 is 1.12 bits per heavy atom. The van der Waals surface area contributed by atoms with Crippen molar-refractivity contribution in [2.45, 2.75) is 51.4 Å². The molecular formula is C19H26N2O4. The van der Waals surface area contributed by atoms with Crippen molar-refractivity contribution < 1.29 is 19.5 Å². The lowest BCUT2D eigenvalue weighted by Gasteiger charge is -2.24. The summed E-state index contributed by atoms with van der Waals surface area (Å²) in [5, 5.41) is 14.3. The van der Waals surface area contributed by atoms with Gasteiger partial charge in [0, 0.05) is 31.0 Å². The summed E-state index contributed by atoms with van der Waals surface area (Å²) < 4.78 is 0. The molecule has 0 spiro atoms. The Bertz CT molecular complexity index is 615. The molecule has 2 amide bonds. The number of rotatable bonds is 10. The van der Waals surface area contributed by atoms with Gasteiger partial charge in [-0.05, 0) is 37.3 Å². The van der Waals surface area contributed by atoms with Crippen LogP contribution in [0.1, 0.15) is 50.5 Å². The number of unbranched alkanes of at least 4 members (excludes halogenated alkanes) is 3. The number of aliphatic carboxylic acids is 1. The van der Waals surface area contributed by atoms with Crippen molar-refractivity contribution >= 4 is 23.5 Å². The number of anilines is 1. The first kappa shape index (κ1) is 19.0. The number of benzene rings is 1. The van der Waals surface area contributed by atoms with E-state index >= 15 is 0 Å². The van der Waals surface area contributed by atoms with Crippen LogP contribution in [0.15, 0.2) is 24.3 Å². The minimum Gasteiger partial charge on any atom is -0.481 e. The standard InChI is InChI=1S/C19H26N2O4/c22-17(20-12-6-2-1-3-9-18(23)24)11-10-15-13-14-7-4-5-8-16(14)21-19(15)25/h4-5,7-8,15H,1-3,6,9-13H2,(H,20,22)(H,21,25)(H,23,24). The lowest BCUT2D eigenvalue weighted by Crippen LogP contribution is -2.32. The average molecular weight is 346 g/mol. The SMILES string of the molecule is O=C(O)CCCCCCNC(=O)CCC1Cc2ccccc2NC1=O. The van der Waals surface area contributed by atoms with E-state index in [4.69, 9.17) is 5.11 Å². The molecule has 0 aromatic heterocycles. The third-order valence-electron chi connectivity index (χ3n) is 4.47. The van der Waals surface area contributed by atoms with E-state index < -0.39 is 5.97 Å². The molecule has 0 saturated carbocycles. The zero-order valence-corrected chi connectivity index (χ0v) is 14.4. The van der Waals surface area contributed by atoms with Crippen LogP contribution in [0.25, 0.3) is 0 Å². The van der Waals surface area contributed by atoms with Crippen LogP contribution >= 0.6 is 0 Å². The van der Waals surface area contributed by atoms with Crippen molar-refractivity contribution in [2.75, 3.05) is 11.9 Å². The van der Waals surface area contributed by atoms with E-state index in [1.54, 1.807) is 0 Å². The number of hydrogen-bond donors (Lipinski definition) is 3. The molecule has 1 atom stereocenters. The minimum absolute atomic E-state index is 0.00932. The van der Waals surface area contributed by atoms with Gasteiger partial charge in [-0.2, -0.15) is 0 Å². The minimum atomic E-state index is -0.761. The molecule has 0 saturated heterocycles. The first-order chi connectivity index (χ1) is 12.1. The molecule has 2 rings (SSSR count). The number of hydrogen-bond acceptors (Lipinski definition) is 3. The summed E-state index contributed by atoms with van der Waals surface area (Å²) in [5.41, 5.74) is 1.99. The van der Waals surface area contributed by atoms with Crippen LogP contribution in [0, 0.1) is 5.92 Å². The van der Waals surface area contributed by atoms with E-state index in [0.29, 0.717) is 32.2 Å². The number of carbonyl (C=O) groups excluding carboxylic acids is 2. The van der Waals surface area contributed by atoms with E-state index in [0.717, 1.165) is 30.5 Å². The van der Waals surface area contributed by atoms with Crippen molar-refractivity contribution in [1.82, 2.24) is 5.32 Å². The van der Waals surface area contributed by atoms with E-state index in [1.807, 2.05) is 24.3 Å². The zero-order chi connectivity index (χ0) is 18.1. The van der Waals surface area contributed by atoms with Gasteiger partial charge in [0.15, 0.2) is 0 Å². The molecule has 1 heterocycles. The maximum Gasteiger partial charge on any atom is 0.303 e. The molecule has 136 valence electrons. The van der Waals surface area contributed by atoms with Gasteiger partial charge >= 0.3 is 5.97 Å². The van der Waals surface area contributed by atoms with Gasteiger partial charge in [0.05, 0.1) is 0 Å². The van der Waals surface area contributed by atoms with Crippen LogP contribution in [0.4, 0.5) is 5.69 Å². The number of carbonyl (C=O) groups is 3. The molecule has 25 heavy (non-hydrogen) atoms. The van der Waals surface area contributed by atoms with Crippen LogP contribution in [-0.4, -0.2) is 29.4 Å². The highest BCUT2D eigenvalue weighted by molar-refractivity contribution is 5.96. The number of para-hydroxylation sites is 1. The van der Waals surface area contributed by atoms with Gasteiger partial charge in [-0.25, -0.2) is 0 Å². The Morgan fingerprint density at radius 2 is 1.88 bits per heavy atom. The van der Waals surface area contributed by atoms with Crippen molar-refractivity contribution in [1.29, 1.82) is 0 Å². The van der Waals surface area contributed by atoms with Gasteiger partial charge in [0.1, 0.15) is 0 Å². The molecule has 1 unspecified atom stereocenters. The molecule has 0 radical (unpaired) electrons. The first-order valence-electron chi connectivity index (χ1n) is 8.93. The Hall–Kier alpha value is -2.37. The van der Waals surface area contributed by atoms with E-state index in [2.05, 4.69) is 10.6 Å². The summed E-state index contributed by atoms with van der Waals surface area (Å²) in [4.78, 5) is 34.4. The summed E-state index contributed by atoms with van der Waals surface area (Å²) in [6.45, 7) is 0.603. The zero-order valence-electron chi connectivity index (χ0n) is 14.4. The van der Waals surface area contributed by atoms with Gasteiger partial charge in [-0.1, -0.05) is 31.0 Å². The lowest BCUT2D eigenvalue weighted by molar-refractivity contribution is -0.137. The largest absolute Gasteiger partial charge is 0.481 e. The van der Waals surface area contributed by atoms with E-state index in [-0.39, 0.29) is 24.2 Å². The first-order valence-corrected chi connectivity index (χ1v) is 8.93. The summed E-state index contributed by atoms with van der Waals surface area (Å²) in [7, 11) is 0. The molecule has 0 bridgehead atoms.